The van der Waals surface area contributed by atoms with Gasteiger partial charge in [0.1, 0.15) is 0 Å². The molecule has 0 radical (unpaired) electrons. The molecule has 0 aliphatic carbocycles. The molecule has 0 unspecified atom stereocenters. The Balaban J connectivity index is 1.75. The lowest BCUT2D eigenvalue weighted by molar-refractivity contribution is -0.0739. The second-order valence-electron chi connectivity index (χ2n) is 6.38. The summed E-state index contributed by atoms with van der Waals surface area (Å²) in [6.07, 6.45) is 0.119. The van der Waals surface area contributed by atoms with Gasteiger partial charge in [-0.2, -0.15) is 0 Å². The fraction of sp³-hybridized carbons (Fsp3) is 0.238. The van der Waals surface area contributed by atoms with Crippen molar-refractivity contribution in [3.63, 3.8) is 0 Å². The van der Waals surface area contributed by atoms with E-state index in [1.54, 1.807) is 0 Å². The standard InChI is InChI=1S/C21H21NO/c1-22-14-20(21(23-15-22)17-8-3-2-4-9-17)19-12-11-16-7-5-6-10-18(16)13-19/h2-13,20-21H,14-15H2,1H3/t20-,21+/m1/s1. The van der Waals surface area contributed by atoms with Crippen LogP contribution in [0.1, 0.15) is 23.1 Å². The van der Waals surface area contributed by atoms with Gasteiger partial charge in [-0.05, 0) is 28.9 Å². The maximum Gasteiger partial charge on any atom is 0.0996 e. The third-order valence-corrected chi connectivity index (χ3v) is 4.68. The highest BCUT2D eigenvalue weighted by molar-refractivity contribution is 5.83. The van der Waals surface area contributed by atoms with Gasteiger partial charge in [-0.25, -0.2) is 0 Å². The van der Waals surface area contributed by atoms with Gasteiger partial charge in [0.25, 0.3) is 0 Å². The molecule has 1 fully saturated rings. The van der Waals surface area contributed by atoms with Crippen LogP contribution < -0.4 is 0 Å². The molecule has 116 valence electrons. The fourth-order valence-electron chi connectivity index (χ4n) is 3.50. The molecule has 0 saturated carbocycles. The van der Waals surface area contributed by atoms with E-state index in [0.717, 1.165) is 6.54 Å². The number of hydrogen-bond acceptors (Lipinski definition) is 2. The van der Waals surface area contributed by atoms with E-state index in [1.165, 1.54) is 21.9 Å². The summed E-state index contributed by atoms with van der Waals surface area (Å²) in [7, 11) is 2.12. The molecule has 0 amide bonds. The lowest BCUT2D eigenvalue weighted by Gasteiger charge is -2.37. The molecule has 0 bridgehead atoms. The lowest BCUT2D eigenvalue weighted by atomic mass is 9.87. The fourth-order valence-corrected chi connectivity index (χ4v) is 3.50. The number of ether oxygens (including phenoxy) is 1. The number of likely N-dealkylation sites (N-methyl/N-ethyl adjacent to an activating group) is 1. The molecule has 1 aliphatic rings. The molecule has 0 spiro atoms. The van der Waals surface area contributed by atoms with Crippen molar-refractivity contribution in [2.45, 2.75) is 12.0 Å². The Morgan fingerprint density at radius 2 is 1.57 bits per heavy atom. The quantitative estimate of drug-likeness (QED) is 0.687. The molecule has 4 rings (SSSR count). The first kappa shape index (κ1) is 14.4. The Hall–Kier alpha value is -2.16. The van der Waals surface area contributed by atoms with E-state index < -0.39 is 0 Å². The molecule has 0 aromatic heterocycles. The summed E-state index contributed by atoms with van der Waals surface area (Å²) in [5, 5.41) is 2.59. The van der Waals surface area contributed by atoms with Crippen LogP contribution in [0.15, 0.2) is 72.8 Å². The van der Waals surface area contributed by atoms with Crippen LogP contribution in [0.5, 0.6) is 0 Å². The maximum atomic E-state index is 6.18. The molecule has 2 atom stereocenters. The van der Waals surface area contributed by atoms with Crippen molar-refractivity contribution in [3.05, 3.63) is 83.9 Å². The average molecular weight is 303 g/mol. The van der Waals surface area contributed by atoms with Gasteiger partial charge >= 0.3 is 0 Å². The van der Waals surface area contributed by atoms with Crippen molar-refractivity contribution in [3.8, 4) is 0 Å². The van der Waals surface area contributed by atoms with Crippen molar-refractivity contribution < 1.29 is 4.74 Å². The summed E-state index contributed by atoms with van der Waals surface area (Å²) in [5.41, 5.74) is 2.61. The summed E-state index contributed by atoms with van der Waals surface area (Å²) in [6, 6.07) is 25.9. The van der Waals surface area contributed by atoms with Crippen LogP contribution in [0.2, 0.25) is 0 Å². The highest BCUT2D eigenvalue weighted by atomic mass is 16.5. The van der Waals surface area contributed by atoms with E-state index in [4.69, 9.17) is 4.74 Å². The number of hydrogen-bond donors (Lipinski definition) is 0. The van der Waals surface area contributed by atoms with Crippen LogP contribution in [0.4, 0.5) is 0 Å². The Morgan fingerprint density at radius 1 is 0.826 bits per heavy atom. The third kappa shape index (κ3) is 2.88. The van der Waals surface area contributed by atoms with Crippen LogP contribution in [0, 0.1) is 0 Å². The van der Waals surface area contributed by atoms with Crippen LogP contribution in [-0.2, 0) is 4.74 Å². The predicted molar refractivity (Wildman–Crippen MR) is 94.5 cm³/mol. The van der Waals surface area contributed by atoms with Gasteiger partial charge in [0.2, 0.25) is 0 Å². The highest BCUT2D eigenvalue weighted by Gasteiger charge is 2.31. The summed E-state index contributed by atoms with van der Waals surface area (Å²) >= 11 is 0. The molecule has 3 aromatic rings. The normalized spacial score (nSPS) is 22.3. The van der Waals surface area contributed by atoms with Crippen LogP contribution >= 0.6 is 0 Å². The SMILES string of the molecule is CN1CO[C@@H](c2ccccc2)[C@@H](c2ccc3ccccc3c2)C1. The van der Waals surface area contributed by atoms with Crippen LogP contribution in [-0.4, -0.2) is 25.2 Å². The van der Waals surface area contributed by atoms with Crippen LogP contribution in [0.25, 0.3) is 10.8 Å². The zero-order chi connectivity index (χ0) is 15.6. The zero-order valence-electron chi connectivity index (χ0n) is 13.4. The summed E-state index contributed by atoms with van der Waals surface area (Å²) in [4.78, 5) is 2.25. The third-order valence-electron chi connectivity index (χ3n) is 4.68. The molecule has 0 N–H and O–H groups in total. The Bertz CT molecular complexity index is 799. The smallest absolute Gasteiger partial charge is 0.0996 e. The van der Waals surface area contributed by atoms with Gasteiger partial charge in [-0.1, -0.05) is 72.8 Å². The molecule has 23 heavy (non-hydrogen) atoms. The summed E-state index contributed by atoms with van der Waals surface area (Å²) < 4.78 is 6.18. The van der Waals surface area contributed by atoms with Gasteiger partial charge in [-0.3, -0.25) is 4.90 Å². The molecular formula is C21H21NO. The molecule has 1 saturated heterocycles. The molecule has 2 heteroatoms. The number of fused-ring (bicyclic) bond motifs is 1. The molecule has 1 heterocycles. The second-order valence-corrected chi connectivity index (χ2v) is 6.38. The van der Waals surface area contributed by atoms with Gasteiger partial charge in [0, 0.05) is 12.5 Å². The second kappa shape index (κ2) is 6.15. The Kier molecular flexibility index (Phi) is 3.86. The van der Waals surface area contributed by atoms with Crippen LogP contribution in [0.3, 0.4) is 0 Å². The first-order valence-electron chi connectivity index (χ1n) is 8.15. The predicted octanol–water partition coefficient (Wildman–Crippen LogP) is 4.58. The minimum atomic E-state index is 0.119. The van der Waals surface area contributed by atoms with E-state index in [9.17, 15) is 0 Å². The Labute approximate surface area is 137 Å². The van der Waals surface area contributed by atoms with E-state index in [-0.39, 0.29) is 6.10 Å². The zero-order valence-corrected chi connectivity index (χ0v) is 13.4. The molecule has 3 aromatic carbocycles. The van der Waals surface area contributed by atoms with E-state index >= 15 is 0 Å². The average Bonchev–Trinajstić information content (AvgIpc) is 2.62. The molecule has 2 nitrogen and oxygen atoms in total. The number of benzene rings is 3. The topological polar surface area (TPSA) is 12.5 Å². The molecule has 1 aliphatic heterocycles. The monoisotopic (exact) mass is 303 g/mol. The van der Waals surface area contributed by atoms with Crippen molar-refractivity contribution in [1.29, 1.82) is 0 Å². The lowest BCUT2D eigenvalue weighted by Crippen LogP contribution is -2.37. The van der Waals surface area contributed by atoms with Crippen molar-refractivity contribution >= 4 is 10.8 Å². The minimum absolute atomic E-state index is 0.119. The van der Waals surface area contributed by atoms with Gasteiger partial charge < -0.3 is 4.74 Å². The highest BCUT2D eigenvalue weighted by Crippen LogP contribution is 2.38. The van der Waals surface area contributed by atoms with Crippen molar-refractivity contribution in [2.24, 2.45) is 0 Å². The van der Waals surface area contributed by atoms with E-state index in [1.807, 2.05) is 0 Å². The first-order chi connectivity index (χ1) is 11.3. The van der Waals surface area contributed by atoms with Crippen molar-refractivity contribution in [2.75, 3.05) is 20.3 Å². The number of nitrogens with zero attached hydrogens (tertiary/aromatic N) is 1. The summed E-state index contributed by atoms with van der Waals surface area (Å²) in [5.74, 6) is 0.348. The Morgan fingerprint density at radius 3 is 2.39 bits per heavy atom. The first-order valence-corrected chi connectivity index (χ1v) is 8.15. The largest absolute Gasteiger partial charge is 0.357 e. The molecular weight excluding hydrogens is 282 g/mol. The minimum Gasteiger partial charge on any atom is -0.357 e. The van der Waals surface area contributed by atoms with E-state index in [0.29, 0.717) is 12.6 Å². The maximum absolute atomic E-state index is 6.18. The van der Waals surface area contributed by atoms with Crippen molar-refractivity contribution in [1.82, 2.24) is 4.90 Å². The summed E-state index contributed by atoms with van der Waals surface area (Å²) in [6.45, 7) is 1.70. The van der Waals surface area contributed by atoms with Gasteiger partial charge in [-0.15, -0.1) is 0 Å². The number of rotatable bonds is 2. The van der Waals surface area contributed by atoms with E-state index in [2.05, 4.69) is 84.7 Å². The van der Waals surface area contributed by atoms with Gasteiger partial charge in [0.15, 0.2) is 0 Å². The van der Waals surface area contributed by atoms with Gasteiger partial charge in [0.05, 0.1) is 12.8 Å².